The first kappa shape index (κ1) is 27.0. The maximum Gasteiger partial charge on any atom is 0.352 e. The fraction of sp³-hybridized carbons (Fsp3) is 0.259. The number of alkyl halides is 2. The zero-order chi connectivity index (χ0) is 28.7. The number of ketones is 2. The number of allylic oxidation sites excluding steroid dienone is 4. The Morgan fingerprint density at radius 3 is 2.30 bits per heavy atom. The number of phenols is 1. The third-order valence-corrected chi connectivity index (χ3v) is 10.1. The van der Waals surface area contributed by atoms with Crippen molar-refractivity contribution in [1.29, 1.82) is 0 Å². The highest BCUT2D eigenvalue weighted by molar-refractivity contribution is 6.66. The Kier molecular flexibility index (Phi) is 6.16. The lowest BCUT2D eigenvalue weighted by Crippen LogP contribution is -2.67. The number of carbonyl (C=O) groups excluding carboxylic acids is 2. The average Bonchev–Trinajstić information content (AvgIpc) is 3.22. The molecule has 2 heterocycles. The van der Waals surface area contributed by atoms with E-state index >= 15 is 0 Å². The number of aromatic hydroxyl groups is 1. The van der Waals surface area contributed by atoms with E-state index in [1.165, 1.54) is 34.7 Å². The van der Waals surface area contributed by atoms with E-state index in [-0.39, 0.29) is 24.3 Å². The summed E-state index contributed by atoms with van der Waals surface area (Å²) in [4.78, 5) is 50.3. The highest BCUT2D eigenvalue weighted by atomic mass is 35.5. The zero-order valence-electron chi connectivity index (χ0n) is 20.6. The fourth-order valence-electron chi connectivity index (χ4n) is 6.00. The van der Waals surface area contributed by atoms with E-state index < -0.39 is 54.7 Å². The van der Waals surface area contributed by atoms with E-state index in [1.807, 2.05) is 0 Å². The van der Waals surface area contributed by atoms with Gasteiger partial charge < -0.3 is 9.84 Å². The summed E-state index contributed by atoms with van der Waals surface area (Å²) >= 11 is 26.7. The summed E-state index contributed by atoms with van der Waals surface area (Å²) in [5.41, 5.74) is -0.432. The number of benzene rings is 2. The van der Waals surface area contributed by atoms with Crippen LogP contribution in [0.5, 0.6) is 11.5 Å². The van der Waals surface area contributed by atoms with Gasteiger partial charge in [-0.15, -0.1) is 23.2 Å². The number of fused-ring (bicyclic) bond motifs is 4. The van der Waals surface area contributed by atoms with Gasteiger partial charge in [-0.3, -0.25) is 9.59 Å². The summed E-state index contributed by atoms with van der Waals surface area (Å²) in [6.45, 7) is -0.0598. The van der Waals surface area contributed by atoms with Gasteiger partial charge in [0.2, 0.25) is 0 Å². The molecule has 40 heavy (non-hydrogen) atoms. The molecule has 0 radical (unpaired) electrons. The number of hydrogen-bond acceptors (Lipinski definition) is 6. The molecular weight excluding hydrogens is 604 g/mol. The van der Waals surface area contributed by atoms with Crippen molar-refractivity contribution in [3.63, 3.8) is 0 Å². The van der Waals surface area contributed by atoms with Crippen LogP contribution in [0.4, 0.5) is 0 Å². The summed E-state index contributed by atoms with van der Waals surface area (Å²) in [5.74, 6) is -3.02. The van der Waals surface area contributed by atoms with E-state index in [0.717, 1.165) is 4.57 Å². The molecule has 0 unspecified atom stereocenters. The van der Waals surface area contributed by atoms with E-state index in [1.54, 1.807) is 36.4 Å². The number of methoxy groups -OCH3 is 1. The molecule has 1 saturated carbocycles. The van der Waals surface area contributed by atoms with Crippen molar-refractivity contribution in [3.8, 4) is 17.2 Å². The number of hydrogen-bond donors (Lipinski definition) is 1. The van der Waals surface area contributed by atoms with Crippen LogP contribution < -0.4 is 16.1 Å². The number of para-hydroxylation sites is 1. The van der Waals surface area contributed by atoms with Gasteiger partial charge >= 0.3 is 11.4 Å². The largest absolute Gasteiger partial charge is 0.508 e. The maximum atomic E-state index is 13.8. The van der Waals surface area contributed by atoms with Gasteiger partial charge in [0, 0.05) is 17.9 Å². The van der Waals surface area contributed by atoms with Crippen LogP contribution in [0.25, 0.3) is 5.69 Å². The molecule has 1 aromatic heterocycles. The normalized spacial score (nSPS) is 27.6. The summed E-state index contributed by atoms with van der Waals surface area (Å²) in [5, 5.41) is 9.84. The van der Waals surface area contributed by atoms with Gasteiger partial charge in [-0.2, -0.15) is 0 Å². The van der Waals surface area contributed by atoms with E-state index in [4.69, 9.17) is 51.1 Å². The van der Waals surface area contributed by atoms with E-state index in [2.05, 4.69) is 0 Å². The number of carbonyl (C=O) groups is 2. The van der Waals surface area contributed by atoms with Crippen LogP contribution in [0.2, 0.25) is 0 Å². The summed E-state index contributed by atoms with van der Waals surface area (Å²) in [7, 11) is 1.42. The molecule has 1 N–H and O–H groups in total. The van der Waals surface area contributed by atoms with Gasteiger partial charge in [0.05, 0.1) is 25.4 Å². The number of ether oxygens (including phenoxy) is 1. The van der Waals surface area contributed by atoms with Gasteiger partial charge in [0.15, 0.2) is 11.6 Å². The van der Waals surface area contributed by atoms with Crippen LogP contribution in [0, 0.1) is 0 Å². The Morgan fingerprint density at radius 2 is 1.62 bits per heavy atom. The van der Waals surface area contributed by atoms with Crippen molar-refractivity contribution in [3.05, 3.63) is 96.8 Å². The molecule has 1 aliphatic heterocycles. The summed E-state index contributed by atoms with van der Waals surface area (Å²) in [6.07, 6.45) is 1.28. The lowest BCUT2D eigenvalue weighted by Gasteiger charge is -2.54. The van der Waals surface area contributed by atoms with Crippen molar-refractivity contribution in [2.24, 2.45) is 0 Å². The Balaban J connectivity index is 1.66. The van der Waals surface area contributed by atoms with Crippen LogP contribution >= 0.6 is 46.4 Å². The SMILES string of the molecule is COc1ccc(O)c([C@H]2C3=CCn4c(=O)n(-c5ccccc5)c(=O)n4[C@@H]3C[C@@]3(Cl)C(=O)C(Cl)=C(Cl)C(=O)[C@@]23Cl)c1. The molecule has 2 aromatic carbocycles. The first-order valence-electron chi connectivity index (χ1n) is 12.1. The standard InChI is InChI=1S/C27H19Cl4N3O6/c1-40-14-7-8-18(35)16(11-14)19-15-9-10-32-24(38)33(13-5-3-2-4-6-13)25(39)34(32)17(15)12-26(30)22(36)20(28)21(29)23(37)27(19,26)31/h2-9,11,17,19,35H,10,12H2,1H3/t17-,19-,26-,27+/m1/s1. The minimum Gasteiger partial charge on any atom is -0.508 e. The molecular formula is C27H19Cl4N3O6. The lowest BCUT2D eigenvalue weighted by atomic mass is 9.59. The van der Waals surface area contributed by atoms with Crippen LogP contribution in [0.1, 0.15) is 23.9 Å². The second-order valence-electron chi connectivity index (χ2n) is 9.74. The summed E-state index contributed by atoms with van der Waals surface area (Å²) < 4.78 is 8.79. The second kappa shape index (κ2) is 9.14. The van der Waals surface area contributed by atoms with Crippen molar-refractivity contribution in [1.82, 2.24) is 13.9 Å². The third kappa shape index (κ3) is 3.35. The monoisotopic (exact) mass is 621 g/mol. The first-order valence-corrected chi connectivity index (χ1v) is 13.6. The number of halogens is 4. The molecule has 2 aliphatic carbocycles. The Labute approximate surface area is 246 Å². The number of nitrogens with zero attached hydrogens (tertiary/aromatic N) is 3. The first-order chi connectivity index (χ1) is 19.0. The topological polar surface area (TPSA) is 113 Å². The number of Topliss-reactive ketones (excluding diaryl/α,β-unsaturated/α-hetero) is 2. The Morgan fingerprint density at radius 1 is 0.950 bits per heavy atom. The second-order valence-corrected chi connectivity index (χ2v) is 11.7. The Bertz CT molecular complexity index is 1810. The van der Waals surface area contributed by atoms with Crippen LogP contribution in [-0.4, -0.2) is 47.5 Å². The van der Waals surface area contributed by atoms with Gasteiger partial charge in [0.25, 0.3) is 0 Å². The molecule has 0 saturated heterocycles. The smallest absolute Gasteiger partial charge is 0.352 e. The molecule has 0 bridgehead atoms. The van der Waals surface area contributed by atoms with Crippen LogP contribution in [0.15, 0.2) is 79.8 Å². The highest BCUT2D eigenvalue weighted by Crippen LogP contribution is 2.64. The van der Waals surface area contributed by atoms with E-state index in [0.29, 0.717) is 17.0 Å². The quantitative estimate of drug-likeness (QED) is 0.349. The fourth-order valence-corrected chi connectivity index (χ4v) is 7.52. The molecule has 9 nitrogen and oxygen atoms in total. The average molecular weight is 623 g/mol. The predicted octanol–water partition coefficient (Wildman–Crippen LogP) is 3.98. The molecule has 3 aliphatic rings. The maximum absolute atomic E-state index is 13.8. The van der Waals surface area contributed by atoms with E-state index in [9.17, 15) is 24.3 Å². The van der Waals surface area contributed by atoms with Crippen molar-refractivity contribution < 1.29 is 19.4 Å². The zero-order valence-corrected chi connectivity index (χ0v) is 23.6. The van der Waals surface area contributed by atoms with Crippen LogP contribution in [-0.2, 0) is 16.1 Å². The van der Waals surface area contributed by atoms with Gasteiger partial charge in [-0.25, -0.2) is 23.5 Å². The highest BCUT2D eigenvalue weighted by Gasteiger charge is 2.71. The summed E-state index contributed by atoms with van der Waals surface area (Å²) in [6, 6.07) is 11.7. The number of rotatable bonds is 3. The van der Waals surface area contributed by atoms with Crippen molar-refractivity contribution in [2.75, 3.05) is 7.11 Å². The Hall–Kier alpha value is -3.24. The number of phenolic OH excluding ortho intramolecular Hbond substituents is 1. The number of aromatic nitrogens is 3. The van der Waals surface area contributed by atoms with Crippen molar-refractivity contribution in [2.45, 2.75) is 34.7 Å². The third-order valence-electron chi connectivity index (χ3n) is 7.86. The molecule has 4 atom stereocenters. The van der Waals surface area contributed by atoms with Gasteiger partial charge in [-0.1, -0.05) is 47.5 Å². The lowest BCUT2D eigenvalue weighted by molar-refractivity contribution is -0.128. The molecule has 206 valence electrons. The van der Waals surface area contributed by atoms with Gasteiger partial charge in [-0.05, 0) is 35.9 Å². The molecule has 6 rings (SSSR count). The predicted molar refractivity (Wildman–Crippen MR) is 149 cm³/mol. The van der Waals surface area contributed by atoms with Gasteiger partial charge in [0.1, 0.15) is 31.3 Å². The molecule has 3 aromatic rings. The minimum atomic E-state index is -2.25. The molecule has 13 heteroatoms. The molecule has 0 spiro atoms. The molecule has 1 fully saturated rings. The molecule has 0 amide bonds. The minimum absolute atomic E-state index is 0.0598. The van der Waals surface area contributed by atoms with Crippen molar-refractivity contribution >= 4 is 58.0 Å². The van der Waals surface area contributed by atoms with Crippen LogP contribution in [0.3, 0.4) is 0 Å².